The second-order valence-electron chi connectivity index (χ2n) is 6.48. The number of esters is 1. The van der Waals surface area contributed by atoms with Crippen molar-refractivity contribution >= 4 is 11.7 Å². The minimum Gasteiger partial charge on any atom is -0.508 e. The van der Waals surface area contributed by atoms with Crippen molar-refractivity contribution in [2.24, 2.45) is 0 Å². The molecule has 2 N–H and O–H groups in total. The standard InChI is InChI=1S/C20H12N2O5/c21-22-15-3-1-2-14-18(15)19(25)27-20(14)12-6-4-10(23)8-16(12)26-17-9-11(24)5-7-13(17)20/h1-2,4-9,23-24H,3H2. The Morgan fingerprint density at radius 1 is 1.04 bits per heavy atom. The molecular formula is C20H12N2O5. The highest BCUT2D eigenvalue weighted by molar-refractivity contribution is 6.21. The minimum absolute atomic E-state index is 0.0113. The molecule has 0 unspecified atom stereocenters. The van der Waals surface area contributed by atoms with Crippen LogP contribution in [-0.4, -0.2) is 26.7 Å². The third-order valence-corrected chi connectivity index (χ3v) is 5.01. The Kier molecular flexibility index (Phi) is 2.91. The monoisotopic (exact) mass is 360 g/mol. The van der Waals surface area contributed by atoms with Gasteiger partial charge in [-0.05, 0) is 24.3 Å². The summed E-state index contributed by atoms with van der Waals surface area (Å²) >= 11 is 0. The Hall–Kier alpha value is -3.83. The molecule has 27 heavy (non-hydrogen) atoms. The highest BCUT2D eigenvalue weighted by Crippen LogP contribution is 2.57. The number of aromatic hydroxyl groups is 2. The lowest BCUT2D eigenvalue weighted by Gasteiger charge is -2.37. The first-order valence-corrected chi connectivity index (χ1v) is 8.25. The molecule has 0 aromatic heterocycles. The van der Waals surface area contributed by atoms with Gasteiger partial charge in [-0.1, -0.05) is 12.2 Å². The molecule has 0 bridgehead atoms. The largest absolute Gasteiger partial charge is 0.508 e. The van der Waals surface area contributed by atoms with Crippen molar-refractivity contribution in [1.29, 1.82) is 0 Å². The Morgan fingerprint density at radius 3 is 2.26 bits per heavy atom. The number of allylic oxidation sites excluding steroid dienone is 1. The van der Waals surface area contributed by atoms with Gasteiger partial charge in [-0.25, -0.2) is 4.79 Å². The molecule has 2 aromatic rings. The Bertz CT molecular complexity index is 1100. The van der Waals surface area contributed by atoms with E-state index in [2.05, 4.69) is 4.79 Å². The number of fused-ring (bicyclic) bond motifs is 5. The van der Waals surface area contributed by atoms with E-state index < -0.39 is 11.6 Å². The van der Waals surface area contributed by atoms with Crippen molar-refractivity contribution in [3.8, 4) is 23.0 Å². The first-order valence-electron chi connectivity index (χ1n) is 8.25. The molecule has 2 aliphatic heterocycles. The lowest BCUT2D eigenvalue weighted by molar-refractivity contribution is -0.144. The van der Waals surface area contributed by atoms with Crippen LogP contribution in [0.2, 0.25) is 0 Å². The summed E-state index contributed by atoms with van der Waals surface area (Å²) in [4.78, 5) is 16.0. The molecule has 2 aromatic carbocycles. The number of phenolic OH excluding ortho intramolecular Hbond substituents is 2. The molecule has 132 valence electrons. The van der Waals surface area contributed by atoms with Crippen molar-refractivity contribution < 1.29 is 29.3 Å². The molecule has 0 amide bonds. The van der Waals surface area contributed by atoms with Crippen LogP contribution in [0.15, 0.2) is 59.7 Å². The van der Waals surface area contributed by atoms with Crippen LogP contribution in [0.3, 0.4) is 0 Å². The van der Waals surface area contributed by atoms with Gasteiger partial charge >= 0.3 is 11.7 Å². The van der Waals surface area contributed by atoms with Crippen LogP contribution < -0.4 is 4.74 Å². The second-order valence-corrected chi connectivity index (χ2v) is 6.48. The normalized spacial score (nSPS) is 18.4. The van der Waals surface area contributed by atoms with Crippen molar-refractivity contribution in [2.75, 3.05) is 0 Å². The molecule has 5 rings (SSSR count). The quantitative estimate of drug-likeness (QED) is 0.426. The van der Waals surface area contributed by atoms with Crippen molar-refractivity contribution in [3.63, 3.8) is 0 Å². The number of rotatable bonds is 0. The van der Waals surface area contributed by atoms with E-state index in [1.807, 2.05) is 0 Å². The Morgan fingerprint density at radius 2 is 1.67 bits per heavy atom. The lowest BCUT2D eigenvalue weighted by Crippen LogP contribution is -2.33. The summed E-state index contributed by atoms with van der Waals surface area (Å²) in [6.45, 7) is 0. The molecule has 0 saturated carbocycles. The van der Waals surface area contributed by atoms with E-state index in [1.165, 1.54) is 24.3 Å². The van der Waals surface area contributed by atoms with E-state index in [1.54, 1.807) is 24.3 Å². The minimum atomic E-state index is -1.33. The molecule has 1 aliphatic carbocycles. The van der Waals surface area contributed by atoms with E-state index in [-0.39, 0.29) is 22.8 Å². The van der Waals surface area contributed by atoms with Gasteiger partial charge in [-0.2, -0.15) is 4.79 Å². The maximum atomic E-state index is 12.8. The topological polar surface area (TPSA) is 112 Å². The highest BCUT2D eigenvalue weighted by atomic mass is 16.6. The van der Waals surface area contributed by atoms with Crippen molar-refractivity contribution in [3.05, 3.63) is 76.4 Å². The summed E-state index contributed by atoms with van der Waals surface area (Å²) in [5.41, 5.74) is 10.0. The van der Waals surface area contributed by atoms with E-state index >= 15 is 0 Å². The van der Waals surface area contributed by atoms with Gasteiger partial charge < -0.3 is 25.2 Å². The van der Waals surface area contributed by atoms with Crippen LogP contribution in [0.4, 0.5) is 0 Å². The van der Waals surface area contributed by atoms with Crippen LogP contribution >= 0.6 is 0 Å². The van der Waals surface area contributed by atoms with Crippen molar-refractivity contribution in [2.45, 2.75) is 12.0 Å². The second kappa shape index (κ2) is 5.09. The molecule has 7 heteroatoms. The number of benzene rings is 2. The summed E-state index contributed by atoms with van der Waals surface area (Å²) < 4.78 is 11.8. The van der Waals surface area contributed by atoms with Gasteiger partial charge in [0.05, 0.1) is 6.42 Å². The van der Waals surface area contributed by atoms with Gasteiger partial charge in [-0.15, -0.1) is 0 Å². The van der Waals surface area contributed by atoms with Crippen LogP contribution in [0.1, 0.15) is 17.5 Å². The Balaban J connectivity index is 1.90. The maximum absolute atomic E-state index is 12.8. The predicted molar refractivity (Wildman–Crippen MR) is 92.6 cm³/mol. The highest BCUT2D eigenvalue weighted by Gasteiger charge is 2.57. The molecule has 0 radical (unpaired) electrons. The average molecular weight is 360 g/mol. The summed E-state index contributed by atoms with van der Waals surface area (Å²) in [7, 11) is 0. The fourth-order valence-corrected chi connectivity index (χ4v) is 3.92. The molecule has 3 aliphatic rings. The number of hydrogen-bond acceptors (Lipinski definition) is 5. The molecule has 2 heterocycles. The van der Waals surface area contributed by atoms with Gasteiger partial charge in [0.1, 0.15) is 23.0 Å². The van der Waals surface area contributed by atoms with Gasteiger partial charge in [0, 0.05) is 28.8 Å². The van der Waals surface area contributed by atoms with E-state index in [0.717, 1.165) is 0 Å². The third-order valence-electron chi connectivity index (χ3n) is 5.01. The molecule has 7 nitrogen and oxygen atoms in total. The van der Waals surface area contributed by atoms with E-state index in [0.29, 0.717) is 34.6 Å². The van der Waals surface area contributed by atoms with Gasteiger partial charge in [0.2, 0.25) is 0 Å². The summed E-state index contributed by atoms with van der Waals surface area (Å²) in [5.74, 6) is -0.0278. The zero-order valence-corrected chi connectivity index (χ0v) is 13.8. The number of carbonyl (C=O) groups excluding carboxylic acids is 1. The number of nitrogens with zero attached hydrogens (tertiary/aromatic N) is 2. The summed E-state index contributed by atoms with van der Waals surface area (Å²) in [6, 6.07) is 9.06. The fourth-order valence-electron chi connectivity index (χ4n) is 3.92. The van der Waals surface area contributed by atoms with Crippen LogP contribution in [0, 0.1) is 0 Å². The van der Waals surface area contributed by atoms with Gasteiger partial charge in [0.25, 0.3) is 0 Å². The molecule has 1 spiro atoms. The van der Waals surface area contributed by atoms with E-state index in [4.69, 9.17) is 9.47 Å². The van der Waals surface area contributed by atoms with Crippen LogP contribution in [-0.2, 0) is 15.1 Å². The number of hydrogen-bond donors (Lipinski definition) is 2. The summed E-state index contributed by atoms with van der Waals surface area (Å²) in [5, 5.41) is 19.7. The van der Waals surface area contributed by atoms with Gasteiger partial charge in [-0.3, -0.25) is 0 Å². The first-order chi connectivity index (χ1) is 13.0. The average Bonchev–Trinajstić information content (AvgIpc) is 2.95. The molecular weight excluding hydrogens is 348 g/mol. The smallest absolute Gasteiger partial charge is 0.347 e. The maximum Gasteiger partial charge on any atom is 0.347 e. The van der Waals surface area contributed by atoms with Crippen LogP contribution in [0.25, 0.3) is 5.53 Å². The van der Waals surface area contributed by atoms with E-state index in [9.17, 15) is 20.5 Å². The van der Waals surface area contributed by atoms with Gasteiger partial charge in [0.15, 0.2) is 11.2 Å². The molecule has 0 fully saturated rings. The summed E-state index contributed by atoms with van der Waals surface area (Å²) in [6.07, 6.45) is 3.86. The SMILES string of the molecule is [N-]=[N+]=C1CC=CC2=C1C(=O)OC21c2ccc(O)cc2Oc2cc(O)ccc21. The molecule has 0 atom stereocenters. The fraction of sp³-hybridized carbons (Fsp3) is 0.100. The predicted octanol–water partition coefficient (Wildman–Crippen LogP) is 2.93. The van der Waals surface area contributed by atoms with Crippen molar-refractivity contribution in [1.82, 2.24) is 0 Å². The molecule has 0 saturated heterocycles. The third kappa shape index (κ3) is 1.89. The lowest BCUT2D eigenvalue weighted by atomic mass is 9.75. The number of phenols is 2. The number of ether oxygens (including phenoxy) is 2. The van der Waals surface area contributed by atoms with Crippen LogP contribution in [0.5, 0.6) is 23.0 Å². The Labute approximate surface area is 153 Å². The number of carbonyl (C=O) groups is 1. The zero-order chi connectivity index (χ0) is 18.8. The first kappa shape index (κ1) is 15.4. The zero-order valence-electron chi connectivity index (χ0n) is 13.8.